The predicted molar refractivity (Wildman–Crippen MR) is 97.7 cm³/mol. The molecule has 134 valence electrons. The summed E-state index contributed by atoms with van der Waals surface area (Å²) in [6.07, 6.45) is 2.93. The molecule has 0 bridgehead atoms. The number of benzene rings is 1. The Morgan fingerprint density at radius 2 is 1.76 bits per heavy atom. The van der Waals surface area contributed by atoms with Crippen LogP contribution >= 0.6 is 0 Å². The fourth-order valence-electron chi connectivity index (χ4n) is 2.31. The molecular formula is C18H22N2O4S. The number of nitrogens with zero attached hydrogens (tertiary/aromatic N) is 1. The fraction of sp³-hybridized carbons (Fsp3) is 0.278. The van der Waals surface area contributed by atoms with Crippen molar-refractivity contribution in [2.24, 2.45) is 0 Å². The van der Waals surface area contributed by atoms with Crippen molar-refractivity contribution >= 4 is 27.7 Å². The van der Waals surface area contributed by atoms with E-state index in [2.05, 4.69) is 5.32 Å². The first-order valence-corrected chi connectivity index (χ1v) is 9.46. The highest BCUT2D eigenvalue weighted by Gasteiger charge is 2.21. The molecule has 1 N–H and O–H groups in total. The van der Waals surface area contributed by atoms with Gasteiger partial charge < -0.3 is 9.73 Å². The van der Waals surface area contributed by atoms with Gasteiger partial charge in [-0.15, -0.1) is 0 Å². The van der Waals surface area contributed by atoms with Gasteiger partial charge >= 0.3 is 0 Å². The van der Waals surface area contributed by atoms with E-state index in [9.17, 15) is 13.2 Å². The van der Waals surface area contributed by atoms with E-state index in [4.69, 9.17) is 4.42 Å². The quantitative estimate of drug-likeness (QED) is 0.767. The Labute approximate surface area is 148 Å². The minimum absolute atomic E-state index is 0.204. The highest BCUT2D eigenvalue weighted by molar-refractivity contribution is 7.89. The smallest absolute Gasteiger partial charge is 0.248 e. The van der Waals surface area contributed by atoms with Crippen LogP contribution < -0.4 is 5.32 Å². The molecule has 0 aliphatic heterocycles. The number of nitrogens with one attached hydrogen (secondary N) is 1. The van der Waals surface area contributed by atoms with E-state index in [1.165, 1.54) is 22.5 Å². The first-order chi connectivity index (χ1) is 11.9. The van der Waals surface area contributed by atoms with Crippen LogP contribution in [0.5, 0.6) is 0 Å². The molecule has 0 unspecified atom stereocenters. The number of amides is 1. The van der Waals surface area contributed by atoms with Crippen LogP contribution in [-0.2, 0) is 14.8 Å². The average molecular weight is 362 g/mol. The number of anilines is 1. The van der Waals surface area contributed by atoms with Gasteiger partial charge in [0.1, 0.15) is 11.5 Å². The molecule has 0 atom stereocenters. The van der Waals surface area contributed by atoms with Gasteiger partial charge in [0, 0.05) is 24.9 Å². The second-order valence-corrected chi connectivity index (χ2v) is 7.32. The van der Waals surface area contributed by atoms with Crippen molar-refractivity contribution in [1.82, 2.24) is 4.31 Å². The molecule has 6 nitrogen and oxygen atoms in total. The molecule has 0 aliphatic rings. The molecule has 0 aliphatic carbocycles. The number of hydrogen-bond acceptors (Lipinski definition) is 4. The molecule has 7 heteroatoms. The minimum Gasteiger partial charge on any atom is -0.462 e. The van der Waals surface area contributed by atoms with Gasteiger partial charge in [0.25, 0.3) is 0 Å². The van der Waals surface area contributed by atoms with Crippen LogP contribution in [0.4, 0.5) is 5.69 Å². The first kappa shape index (κ1) is 19.0. The SMILES string of the molecule is CCN(CC)S(=O)(=O)c1ccc(NC(=O)C=Cc2ccc(C)o2)cc1. The number of carbonyl (C=O) groups is 1. The lowest BCUT2D eigenvalue weighted by Gasteiger charge is -2.18. The zero-order valence-corrected chi connectivity index (χ0v) is 15.3. The largest absolute Gasteiger partial charge is 0.462 e. The molecule has 2 aromatic rings. The molecule has 1 aromatic heterocycles. The maximum absolute atomic E-state index is 12.4. The van der Waals surface area contributed by atoms with E-state index >= 15 is 0 Å². The highest BCUT2D eigenvalue weighted by atomic mass is 32.2. The summed E-state index contributed by atoms with van der Waals surface area (Å²) in [5, 5.41) is 2.68. The molecule has 0 spiro atoms. The maximum Gasteiger partial charge on any atom is 0.248 e. The summed E-state index contributed by atoms with van der Waals surface area (Å²) in [6.45, 7) is 6.24. The summed E-state index contributed by atoms with van der Waals surface area (Å²) in [4.78, 5) is 12.1. The van der Waals surface area contributed by atoms with E-state index in [1.807, 2.05) is 13.0 Å². The van der Waals surface area contributed by atoms with Crippen molar-refractivity contribution in [2.45, 2.75) is 25.7 Å². The fourth-order valence-corrected chi connectivity index (χ4v) is 3.77. The van der Waals surface area contributed by atoms with Crippen molar-refractivity contribution in [3.63, 3.8) is 0 Å². The van der Waals surface area contributed by atoms with Crippen molar-refractivity contribution < 1.29 is 17.6 Å². The standard InChI is InChI=1S/C18H22N2O4S/c1-4-20(5-2)25(22,23)17-11-7-15(8-12-17)19-18(21)13-10-16-9-6-14(3)24-16/h6-13H,4-5H2,1-3H3,(H,19,21). The highest BCUT2D eigenvalue weighted by Crippen LogP contribution is 2.18. The van der Waals surface area contributed by atoms with Gasteiger partial charge in [-0.25, -0.2) is 8.42 Å². The monoisotopic (exact) mass is 362 g/mol. The van der Waals surface area contributed by atoms with Crippen molar-refractivity contribution in [3.8, 4) is 0 Å². The molecule has 2 rings (SSSR count). The topological polar surface area (TPSA) is 79.6 Å². The molecule has 1 amide bonds. The first-order valence-electron chi connectivity index (χ1n) is 8.02. The molecule has 1 aromatic carbocycles. The van der Waals surface area contributed by atoms with Crippen LogP contribution in [-0.4, -0.2) is 31.7 Å². The zero-order chi connectivity index (χ0) is 18.4. The summed E-state index contributed by atoms with van der Waals surface area (Å²) < 4.78 is 31.5. The van der Waals surface area contributed by atoms with E-state index in [-0.39, 0.29) is 10.8 Å². The van der Waals surface area contributed by atoms with Crippen LogP contribution in [0.3, 0.4) is 0 Å². The second kappa shape index (κ2) is 8.13. The van der Waals surface area contributed by atoms with Crippen LogP contribution in [0, 0.1) is 6.92 Å². The normalized spacial score (nSPS) is 12.0. The third kappa shape index (κ3) is 4.80. The number of rotatable bonds is 7. The number of sulfonamides is 1. The average Bonchev–Trinajstić information content (AvgIpc) is 3.00. The Hall–Kier alpha value is -2.38. The molecule has 0 radical (unpaired) electrons. The third-order valence-corrected chi connectivity index (χ3v) is 5.69. The Bertz CT molecular complexity index is 847. The summed E-state index contributed by atoms with van der Waals surface area (Å²) in [5.74, 6) is 1.03. The number of furan rings is 1. The van der Waals surface area contributed by atoms with E-state index in [1.54, 1.807) is 38.1 Å². The van der Waals surface area contributed by atoms with Crippen molar-refractivity contribution in [1.29, 1.82) is 0 Å². The van der Waals surface area contributed by atoms with Gasteiger partial charge in [0.15, 0.2) is 0 Å². The molecule has 0 saturated carbocycles. The zero-order valence-electron chi connectivity index (χ0n) is 14.5. The van der Waals surface area contributed by atoms with Crippen LogP contribution in [0.25, 0.3) is 6.08 Å². The van der Waals surface area contributed by atoms with Gasteiger partial charge in [0.2, 0.25) is 15.9 Å². The predicted octanol–water partition coefficient (Wildman–Crippen LogP) is 3.27. The van der Waals surface area contributed by atoms with Crippen LogP contribution in [0.2, 0.25) is 0 Å². The van der Waals surface area contributed by atoms with Crippen molar-refractivity contribution in [3.05, 3.63) is 54.0 Å². The third-order valence-electron chi connectivity index (χ3n) is 3.63. The van der Waals surface area contributed by atoms with Crippen molar-refractivity contribution in [2.75, 3.05) is 18.4 Å². The lowest BCUT2D eigenvalue weighted by molar-refractivity contribution is -0.111. The Morgan fingerprint density at radius 3 is 2.28 bits per heavy atom. The molecule has 0 fully saturated rings. The maximum atomic E-state index is 12.4. The number of carbonyl (C=O) groups excluding carboxylic acids is 1. The van der Waals surface area contributed by atoms with Gasteiger partial charge in [-0.3, -0.25) is 4.79 Å². The summed E-state index contributed by atoms with van der Waals surface area (Å²) in [6, 6.07) is 9.70. The summed E-state index contributed by atoms with van der Waals surface area (Å²) in [7, 11) is -3.50. The Kier molecular flexibility index (Phi) is 6.17. The second-order valence-electron chi connectivity index (χ2n) is 5.38. The molecular weight excluding hydrogens is 340 g/mol. The van der Waals surface area contributed by atoms with Gasteiger partial charge in [-0.2, -0.15) is 4.31 Å². The lowest BCUT2D eigenvalue weighted by atomic mass is 10.3. The van der Waals surface area contributed by atoms with Gasteiger partial charge in [-0.1, -0.05) is 13.8 Å². The lowest BCUT2D eigenvalue weighted by Crippen LogP contribution is -2.30. The minimum atomic E-state index is -3.50. The number of hydrogen-bond donors (Lipinski definition) is 1. The summed E-state index contributed by atoms with van der Waals surface area (Å²) >= 11 is 0. The van der Waals surface area contributed by atoms with E-state index in [0.29, 0.717) is 24.5 Å². The molecule has 1 heterocycles. The Balaban J connectivity index is 2.05. The number of aryl methyl sites for hydroxylation is 1. The van der Waals surface area contributed by atoms with Crippen LogP contribution in [0.1, 0.15) is 25.4 Å². The summed E-state index contributed by atoms with van der Waals surface area (Å²) in [5.41, 5.74) is 0.517. The van der Waals surface area contributed by atoms with Gasteiger partial charge in [0.05, 0.1) is 4.90 Å². The van der Waals surface area contributed by atoms with E-state index in [0.717, 1.165) is 5.76 Å². The van der Waals surface area contributed by atoms with E-state index < -0.39 is 10.0 Å². The van der Waals surface area contributed by atoms with Gasteiger partial charge in [-0.05, 0) is 49.4 Å². The molecule has 0 saturated heterocycles. The van der Waals surface area contributed by atoms with Crippen LogP contribution in [0.15, 0.2) is 51.8 Å². The molecule has 25 heavy (non-hydrogen) atoms. The Morgan fingerprint density at radius 1 is 1.12 bits per heavy atom.